The summed E-state index contributed by atoms with van der Waals surface area (Å²) in [5.41, 5.74) is 0.503. The van der Waals surface area contributed by atoms with Crippen molar-refractivity contribution in [2.45, 2.75) is 12.5 Å². The van der Waals surface area contributed by atoms with Crippen LogP contribution in [0.4, 0.5) is 5.69 Å². The number of halogens is 2. The molecule has 0 radical (unpaired) electrons. The van der Waals surface area contributed by atoms with E-state index in [9.17, 15) is 13.2 Å². The Kier molecular flexibility index (Phi) is 3.04. The Morgan fingerprint density at radius 2 is 1.95 bits per heavy atom. The van der Waals surface area contributed by atoms with Gasteiger partial charge >= 0.3 is 0 Å². The molecule has 4 nitrogen and oxygen atoms in total. The third-order valence-electron chi connectivity index (χ3n) is 3.64. The first-order chi connectivity index (χ1) is 8.87. The van der Waals surface area contributed by atoms with Gasteiger partial charge in [0, 0.05) is 17.4 Å². The molecule has 1 aromatic carbocycles. The zero-order valence-electron chi connectivity index (χ0n) is 9.84. The minimum absolute atomic E-state index is 0.00620. The van der Waals surface area contributed by atoms with Crippen LogP contribution >= 0.6 is 23.2 Å². The van der Waals surface area contributed by atoms with Crippen molar-refractivity contribution in [1.29, 1.82) is 0 Å². The fourth-order valence-corrected chi connectivity index (χ4v) is 5.32. The molecule has 2 heterocycles. The lowest BCUT2D eigenvalue weighted by Gasteiger charge is -2.24. The van der Waals surface area contributed by atoms with Gasteiger partial charge in [0.15, 0.2) is 9.84 Å². The Morgan fingerprint density at radius 1 is 1.21 bits per heavy atom. The van der Waals surface area contributed by atoms with Gasteiger partial charge in [0.25, 0.3) is 0 Å². The van der Waals surface area contributed by atoms with E-state index in [0.717, 1.165) is 0 Å². The molecular weight excluding hydrogens is 309 g/mol. The molecule has 2 fully saturated rings. The van der Waals surface area contributed by atoms with Crippen LogP contribution in [0, 0.1) is 5.92 Å². The molecule has 0 aromatic heterocycles. The van der Waals surface area contributed by atoms with Gasteiger partial charge in [0.05, 0.1) is 28.3 Å². The Labute approximate surface area is 121 Å². The molecule has 0 N–H and O–H groups in total. The van der Waals surface area contributed by atoms with Gasteiger partial charge in [-0.05, 0) is 18.2 Å². The van der Waals surface area contributed by atoms with E-state index in [-0.39, 0.29) is 35.8 Å². The van der Waals surface area contributed by atoms with E-state index in [1.807, 2.05) is 0 Å². The van der Waals surface area contributed by atoms with Crippen LogP contribution in [0.5, 0.6) is 0 Å². The smallest absolute Gasteiger partial charge is 0.227 e. The summed E-state index contributed by atoms with van der Waals surface area (Å²) in [5.74, 6) is -0.133. The third-order valence-corrected chi connectivity index (χ3v) is 5.98. The number of benzene rings is 1. The lowest BCUT2D eigenvalue weighted by Crippen LogP contribution is -2.36. The Hall–Kier alpha value is -0.780. The summed E-state index contributed by atoms with van der Waals surface area (Å²) in [6, 6.07) is 4.54. The maximum Gasteiger partial charge on any atom is 0.227 e. The van der Waals surface area contributed by atoms with Gasteiger partial charge in [0.2, 0.25) is 5.91 Å². The molecule has 2 aliphatic heterocycles. The van der Waals surface area contributed by atoms with Crippen molar-refractivity contribution >= 4 is 44.6 Å². The summed E-state index contributed by atoms with van der Waals surface area (Å²) in [6.45, 7) is 0. The van der Waals surface area contributed by atoms with E-state index >= 15 is 0 Å². The molecule has 2 atom stereocenters. The summed E-state index contributed by atoms with van der Waals surface area (Å²) >= 11 is 12.0. The quantitative estimate of drug-likeness (QED) is 0.797. The second-order valence-electron chi connectivity index (χ2n) is 4.97. The number of hydrogen-bond donors (Lipinski definition) is 0. The first-order valence-corrected chi connectivity index (χ1v) is 8.43. The fourth-order valence-electron chi connectivity index (χ4n) is 2.87. The number of anilines is 1. The number of sulfone groups is 1. The van der Waals surface area contributed by atoms with Crippen LogP contribution in [0.15, 0.2) is 18.2 Å². The molecule has 2 aliphatic rings. The molecule has 3 rings (SSSR count). The number of fused-ring (bicyclic) bond motifs is 1. The highest BCUT2D eigenvalue weighted by Crippen LogP contribution is 2.40. The lowest BCUT2D eigenvalue weighted by molar-refractivity contribution is -0.117. The van der Waals surface area contributed by atoms with Crippen molar-refractivity contribution in [3.63, 3.8) is 0 Å². The minimum Gasteiger partial charge on any atom is -0.306 e. The first kappa shape index (κ1) is 13.2. The monoisotopic (exact) mass is 319 g/mol. The van der Waals surface area contributed by atoms with Crippen molar-refractivity contribution in [2.75, 3.05) is 16.4 Å². The highest BCUT2D eigenvalue weighted by atomic mass is 35.5. The van der Waals surface area contributed by atoms with Crippen molar-refractivity contribution in [1.82, 2.24) is 0 Å². The van der Waals surface area contributed by atoms with Crippen LogP contribution in [0.3, 0.4) is 0 Å². The second kappa shape index (κ2) is 4.36. The predicted octanol–water partition coefficient (Wildman–Crippen LogP) is 2.14. The van der Waals surface area contributed by atoms with Gasteiger partial charge in [-0.3, -0.25) is 4.79 Å². The zero-order valence-corrected chi connectivity index (χ0v) is 12.2. The van der Waals surface area contributed by atoms with Crippen molar-refractivity contribution in [3.05, 3.63) is 28.2 Å². The Morgan fingerprint density at radius 3 is 2.68 bits per heavy atom. The lowest BCUT2D eigenvalue weighted by atomic mass is 10.0. The van der Waals surface area contributed by atoms with Gasteiger partial charge in [0.1, 0.15) is 0 Å². The van der Waals surface area contributed by atoms with Crippen molar-refractivity contribution in [3.8, 4) is 0 Å². The minimum atomic E-state index is -3.06. The second-order valence-corrected chi connectivity index (χ2v) is 7.97. The average molecular weight is 320 g/mol. The molecule has 7 heteroatoms. The molecule has 0 saturated carbocycles. The predicted molar refractivity (Wildman–Crippen MR) is 74.5 cm³/mol. The van der Waals surface area contributed by atoms with E-state index in [2.05, 4.69) is 0 Å². The van der Waals surface area contributed by atoms with E-state index in [4.69, 9.17) is 23.2 Å². The van der Waals surface area contributed by atoms with Crippen molar-refractivity contribution < 1.29 is 13.2 Å². The summed E-state index contributed by atoms with van der Waals surface area (Å²) in [7, 11) is -3.06. The highest BCUT2D eigenvalue weighted by Gasteiger charge is 2.49. The molecule has 0 spiro atoms. The first-order valence-electron chi connectivity index (χ1n) is 5.85. The molecule has 1 aromatic rings. The fraction of sp³-hybridized carbons (Fsp3) is 0.417. The van der Waals surface area contributed by atoms with Gasteiger partial charge in [-0.15, -0.1) is 0 Å². The Balaban J connectivity index is 2.04. The Bertz CT molecular complexity index is 659. The maximum absolute atomic E-state index is 12.1. The maximum atomic E-state index is 12.1. The van der Waals surface area contributed by atoms with Crippen LogP contribution in [-0.2, 0) is 14.6 Å². The molecule has 102 valence electrons. The van der Waals surface area contributed by atoms with E-state index in [1.165, 1.54) is 4.90 Å². The van der Waals surface area contributed by atoms with Crippen LogP contribution < -0.4 is 4.90 Å². The molecule has 19 heavy (non-hydrogen) atoms. The van der Waals surface area contributed by atoms with Crippen LogP contribution in [0.2, 0.25) is 10.0 Å². The highest BCUT2D eigenvalue weighted by molar-refractivity contribution is 7.91. The summed E-state index contributed by atoms with van der Waals surface area (Å²) < 4.78 is 23.4. The molecule has 1 amide bonds. The molecular formula is C12H11Cl2NO3S. The molecule has 0 unspecified atom stereocenters. The largest absolute Gasteiger partial charge is 0.306 e. The van der Waals surface area contributed by atoms with E-state index in [0.29, 0.717) is 15.7 Å². The summed E-state index contributed by atoms with van der Waals surface area (Å²) in [6.07, 6.45) is 0.257. The number of nitrogens with zero attached hydrogens (tertiary/aromatic N) is 1. The van der Waals surface area contributed by atoms with Gasteiger partial charge in [-0.2, -0.15) is 0 Å². The molecule has 2 saturated heterocycles. The number of carbonyl (C=O) groups excluding carboxylic acids is 1. The zero-order chi connectivity index (χ0) is 13.8. The standard InChI is InChI=1S/C12H11Cl2NO3S/c13-8-1-2-9(14)10(4-8)15-11-6-19(17,18)5-7(11)3-12(15)16/h1-2,4,7,11H,3,5-6H2/t7-,11-/m1/s1. The van der Waals surface area contributed by atoms with Gasteiger partial charge < -0.3 is 4.90 Å². The number of rotatable bonds is 1. The number of carbonyl (C=O) groups is 1. The van der Waals surface area contributed by atoms with E-state index < -0.39 is 9.84 Å². The van der Waals surface area contributed by atoms with Gasteiger partial charge in [-0.1, -0.05) is 23.2 Å². The SMILES string of the molecule is O=C1C[C@@H]2CS(=O)(=O)C[C@H]2N1c1cc(Cl)ccc1Cl. The van der Waals surface area contributed by atoms with Crippen LogP contribution in [-0.4, -0.2) is 31.9 Å². The summed E-state index contributed by atoms with van der Waals surface area (Å²) in [5, 5.41) is 0.874. The average Bonchev–Trinajstić information content (AvgIpc) is 2.73. The third kappa shape index (κ3) is 2.24. The van der Waals surface area contributed by atoms with Gasteiger partial charge in [-0.25, -0.2) is 8.42 Å². The molecule has 0 bridgehead atoms. The normalized spacial score (nSPS) is 28.7. The number of amides is 1. The van der Waals surface area contributed by atoms with Crippen LogP contribution in [0.1, 0.15) is 6.42 Å². The van der Waals surface area contributed by atoms with Crippen LogP contribution in [0.25, 0.3) is 0 Å². The van der Waals surface area contributed by atoms with Crippen molar-refractivity contribution in [2.24, 2.45) is 5.92 Å². The van der Waals surface area contributed by atoms with E-state index in [1.54, 1.807) is 18.2 Å². The number of hydrogen-bond acceptors (Lipinski definition) is 3. The molecule has 0 aliphatic carbocycles. The summed E-state index contributed by atoms with van der Waals surface area (Å²) in [4.78, 5) is 13.6. The topological polar surface area (TPSA) is 54.5 Å².